The number of hydrogen-bond acceptors (Lipinski definition) is 3. The molecule has 2 rings (SSSR count). The van der Waals surface area contributed by atoms with Crippen LogP contribution in [0.25, 0.3) is 0 Å². The summed E-state index contributed by atoms with van der Waals surface area (Å²) < 4.78 is 7.14. The highest BCUT2D eigenvalue weighted by Gasteiger charge is 2.25. The third kappa shape index (κ3) is 5.84. The van der Waals surface area contributed by atoms with E-state index in [0.29, 0.717) is 30.3 Å². The van der Waals surface area contributed by atoms with E-state index in [2.05, 4.69) is 0 Å². The van der Waals surface area contributed by atoms with Crippen LogP contribution >= 0.6 is 11.6 Å². The van der Waals surface area contributed by atoms with Crippen molar-refractivity contribution < 1.29 is 14.3 Å². The minimum atomic E-state index is -0.212. The van der Waals surface area contributed by atoms with Gasteiger partial charge in [0, 0.05) is 49.2 Å². The van der Waals surface area contributed by atoms with E-state index in [1.807, 2.05) is 43.8 Å². The normalized spacial score (nSPS) is 10.9. The molecule has 0 bridgehead atoms. The predicted molar refractivity (Wildman–Crippen MR) is 110 cm³/mol. The fourth-order valence-electron chi connectivity index (χ4n) is 2.87. The van der Waals surface area contributed by atoms with Crippen molar-refractivity contribution in [2.24, 2.45) is 7.05 Å². The van der Waals surface area contributed by atoms with Crippen LogP contribution in [0.1, 0.15) is 29.9 Å². The number of halogens is 1. The van der Waals surface area contributed by atoms with E-state index in [0.717, 1.165) is 5.69 Å². The number of aromatic nitrogens is 1. The minimum absolute atomic E-state index is 0.00283. The standard InChI is InChI=1S/C21H28ClN3O3/c1-16(2)25(21(27)17-7-5-8-18(22)13-17)15-20(26)24(11-12-28-4)14-19-9-6-10-23(19)3/h5-10,13,16H,11-12,14-15H2,1-4H3. The number of aryl methyl sites for hydroxylation is 1. The van der Waals surface area contributed by atoms with E-state index in [-0.39, 0.29) is 24.4 Å². The van der Waals surface area contributed by atoms with Crippen molar-refractivity contribution in [1.82, 2.24) is 14.4 Å². The molecule has 2 amide bonds. The molecule has 0 atom stereocenters. The van der Waals surface area contributed by atoms with Gasteiger partial charge in [0.1, 0.15) is 6.54 Å². The number of rotatable bonds is 9. The first-order valence-corrected chi connectivity index (χ1v) is 9.64. The van der Waals surface area contributed by atoms with E-state index in [1.165, 1.54) is 0 Å². The summed E-state index contributed by atoms with van der Waals surface area (Å²) in [5.41, 5.74) is 1.49. The summed E-state index contributed by atoms with van der Waals surface area (Å²) in [6, 6.07) is 10.6. The molecule has 0 aliphatic rings. The molecule has 0 spiro atoms. The number of hydrogen-bond donors (Lipinski definition) is 0. The quantitative estimate of drug-likeness (QED) is 0.643. The van der Waals surface area contributed by atoms with Crippen molar-refractivity contribution >= 4 is 23.4 Å². The van der Waals surface area contributed by atoms with Crippen molar-refractivity contribution in [3.63, 3.8) is 0 Å². The summed E-state index contributed by atoms with van der Waals surface area (Å²) in [6.45, 7) is 5.14. The molecule has 0 saturated heterocycles. The molecule has 0 radical (unpaired) electrons. The molecule has 152 valence electrons. The van der Waals surface area contributed by atoms with Crippen molar-refractivity contribution in [3.05, 3.63) is 58.9 Å². The smallest absolute Gasteiger partial charge is 0.254 e. The SMILES string of the molecule is COCCN(Cc1cccn1C)C(=O)CN(C(=O)c1cccc(Cl)c1)C(C)C. The highest BCUT2D eigenvalue weighted by Crippen LogP contribution is 2.15. The van der Waals surface area contributed by atoms with Crippen LogP contribution in [0, 0.1) is 0 Å². The third-order valence-corrected chi connectivity index (χ3v) is 4.82. The molecule has 0 unspecified atom stereocenters. The zero-order valence-electron chi connectivity index (χ0n) is 16.9. The lowest BCUT2D eigenvalue weighted by atomic mass is 10.1. The number of carbonyl (C=O) groups is 2. The molecule has 0 aliphatic carbocycles. The van der Waals surface area contributed by atoms with Gasteiger partial charge < -0.3 is 19.1 Å². The topological polar surface area (TPSA) is 54.8 Å². The second kappa shape index (κ2) is 10.3. The van der Waals surface area contributed by atoms with Crippen LogP contribution in [0.15, 0.2) is 42.6 Å². The second-order valence-corrected chi connectivity index (χ2v) is 7.39. The summed E-state index contributed by atoms with van der Waals surface area (Å²) in [5.74, 6) is -0.335. The first-order chi connectivity index (χ1) is 13.3. The van der Waals surface area contributed by atoms with E-state index in [1.54, 1.807) is 41.2 Å². The zero-order chi connectivity index (χ0) is 20.7. The molecular formula is C21H28ClN3O3. The van der Waals surface area contributed by atoms with Gasteiger partial charge in [-0.2, -0.15) is 0 Å². The average Bonchev–Trinajstić information content (AvgIpc) is 3.06. The monoisotopic (exact) mass is 405 g/mol. The van der Waals surface area contributed by atoms with Crippen LogP contribution in [-0.4, -0.2) is 59.0 Å². The van der Waals surface area contributed by atoms with Crippen molar-refractivity contribution in [2.45, 2.75) is 26.4 Å². The Morgan fingerprint density at radius 1 is 1.21 bits per heavy atom. The average molecular weight is 406 g/mol. The number of ether oxygens (including phenoxy) is 1. The molecule has 6 nitrogen and oxygen atoms in total. The van der Waals surface area contributed by atoms with Crippen LogP contribution in [0.4, 0.5) is 0 Å². The predicted octanol–water partition coefficient (Wildman–Crippen LogP) is 3.20. The maximum Gasteiger partial charge on any atom is 0.254 e. The Bertz CT molecular complexity index is 804. The lowest BCUT2D eigenvalue weighted by Crippen LogP contribution is -2.46. The molecule has 7 heteroatoms. The molecule has 0 fully saturated rings. The number of methoxy groups -OCH3 is 1. The van der Waals surface area contributed by atoms with Crippen molar-refractivity contribution in [1.29, 1.82) is 0 Å². The maximum absolute atomic E-state index is 13.0. The van der Waals surface area contributed by atoms with Gasteiger partial charge in [-0.05, 0) is 44.2 Å². The first kappa shape index (κ1) is 22.0. The molecule has 1 aromatic heterocycles. The number of carbonyl (C=O) groups excluding carboxylic acids is 2. The molecule has 2 aromatic rings. The molecule has 0 N–H and O–H groups in total. The Kier molecular flexibility index (Phi) is 8.08. The van der Waals surface area contributed by atoms with Gasteiger partial charge in [0.15, 0.2) is 0 Å². The Hall–Kier alpha value is -2.31. The third-order valence-electron chi connectivity index (χ3n) is 4.58. The minimum Gasteiger partial charge on any atom is -0.383 e. The number of nitrogens with zero attached hydrogens (tertiary/aromatic N) is 3. The largest absolute Gasteiger partial charge is 0.383 e. The Morgan fingerprint density at radius 2 is 1.96 bits per heavy atom. The molecular weight excluding hydrogens is 378 g/mol. The number of benzene rings is 1. The summed E-state index contributed by atoms with van der Waals surface area (Å²) >= 11 is 6.02. The van der Waals surface area contributed by atoms with Gasteiger partial charge in [0.2, 0.25) is 5.91 Å². The summed E-state index contributed by atoms with van der Waals surface area (Å²) in [7, 11) is 3.55. The van der Waals surface area contributed by atoms with Crippen LogP contribution in [0.2, 0.25) is 5.02 Å². The molecule has 0 saturated carbocycles. The zero-order valence-corrected chi connectivity index (χ0v) is 17.6. The van der Waals surface area contributed by atoms with Gasteiger partial charge in [0.25, 0.3) is 5.91 Å². The fourth-order valence-corrected chi connectivity index (χ4v) is 3.06. The Labute approximate surface area is 171 Å². The highest BCUT2D eigenvalue weighted by atomic mass is 35.5. The van der Waals surface area contributed by atoms with Gasteiger partial charge in [-0.1, -0.05) is 17.7 Å². The highest BCUT2D eigenvalue weighted by molar-refractivity contribution is 6.31. The van der Waals surface area contributed by atoms with Crippen LogP contribution < -0.4 is 0 Å². The van der Waals surface area contributed by atoms with Gasteiger partial charge in [-0.25, -0.2) is 0 Å². The Balaban J connectivity index is 2.17. The molecule has 28 heavy (non-hydrogen) atoms. The van der Waals surface area contributed by atoms with Gasteiger partial charge >= 0.3 is 0 Å². The summed E-state index contributed by atoms with van der Waals surface area (Å²) in [5, 5.41) is 0.492. The van der Waals surface area contributed by atoms with E-state index < -0.39 is 0 Å². The van der Waals surface area contributed by atoms with E-state index >= 15 is 0 Å². The summed E-state index contributed by atoms with van der Waals surface area (Å²) in [4.78, 5) is 29.3. The molecule has 0 aliphatic heterocycles. The lowest BCUT2D eigenvalue weighted by Gasteiger charge is -2.30. The van der Waals surface area contributed by atoms with Crippen LogP contribution in [0.5, 0.6) is 0 Å². The Morgan fingerprint density at radius 3 is 2.54 bits per heavy atom. The lowest BCUT2D eigenvalue weighted by molar-refractivity contribution is -0.133. The van der Waals surface area contributed by atoms with Gasteiger partial charge in [-0.3, -0.25) is 9.59 Å². The second-order valence-electron chi connectivity index (χ2n) is 6.96. The first-order valence-electron chi connectivity index (χ1n) is 9.27. The van der Waals surface area contributed by atoms with Crippen LogP contribution in [-0.2, 0) is 23.1 Å². The van der Waals surface area contributed by atoms with Crippen LogP contribution in [0.3, 0.4) is 0 Å². The maximum atomic E-state index is 13.0. The van der Waals surface area contributed by atoms with Crippen molar-refractivity contribution in [2.75, 3.05) is 26.8 Å². The van der Waals surface area contributed by atoms with Gasteiger partial charge in [0.05, 0.1) is 13.2 Å². The van der Waals surface area contributed by atoms with E-state index in [9.17, 15) is 9.59 Å². The van der Waals surface area contributed by atoms with Crippen molar-refractivity contribution in [3.8, 4) is 0 Å². The van der Waals surface area contributed by atoms with Gasteiger partial charge in [-0.15, -0.1) is 0 Å². The number of amides is 2. The van der Waals surface area contributed by atoms with E-state index in [4.69, 9.17) is 16.3 Å². The summed E-state index contributed by atoms with van der Waals surface area (Å²) in [6.07, 6.45) is 1.94. The molecule has 1 aromatic carbocycles. The fraction of sp³-hybridized carbons (Fsp3) is 0.429. The molecule has 1 heterocycles.